The van der Waals surface area contributed by atoms with Gasteiger partial charge in [-0.1, -0.05) is 11.6 Å². The fourth-order valence-electron chi connectivity index (χ4n) is 3.89. The first-order valence-electron chi connectivity index (χ1n) is 10.8. The number of hydrogen-bond donors (Lipinski definition) is 1. The van der Waals surface area contributed by atoms with Crippen molar-refractivity contribution in [2.24, 2.45) is 0 Å². The van der Waals surface area contributed by atoms with Crippen molar-refractivity contribution in [3.8, 4) is 6.07 Å². The Kier molecular flexibility index (Phi) is 5.93. The van der Waals surface area contributed by atoms with Crippen LogP contribution in [0.25, 0.3) is 11.0 Å². The molecule has 1 fully saturated rings. The van der Waals surface area contributed by atoms with Gasteiger partial charge in [-0.15, -0.1) is 0 Å². The zero-order chi connectivity index (χ0) is 23.5. The maximum Gasteiger partial charge on any atom is 0.253 e. The summed E-state index contributed by atoms with van der Waals surface area (Å²) in [7, 11) is 0. The van der Waals surface area contributed by atoms with Gasteiger partial charge in [0.2, 0.25) is 0 Å². The zero-order valence-corrected chi connectivity index (χ0v) is 18.9. The SMILES string of the molecule is N#Cc1ccc2nc(Nc3cccnc3)c(N3CCN(C(=O)c4ccc(Cl)cc4)CC3)nc2c1. The number of rotatable bonds is 4. The summed E-state index contributed by atoms with van der Waals surface area (Å²) in [5.74, 6) is 1.25. The van der Waals surface area contributed by atoms with Crippen LogP contribution < -0.4 is 10.2 Å². The van der Waals surface area contributed by atoms with Gasteiger partial charge in [-0.25, -0.2) is 9.97 Å². The first kappa shape index (κ1) is 21.6. The Morgan fingerprint density at radius 2 is 1.79 bits per heavy atom. The van der Waals surface area contributed by atoms with Gasteiger partial charge in [0.15, 0.2) is 11.6 Å². The molecular formula is C25H20ClN7O. The molecular weight excluding hydrogens is 450 g/mol. The van der Waals surface area contributed by atoms with E-state index in [0.717, 1.165) is 5.69 Å². The van der Waals surface area contributed by atoms with Crippen LogP contribution in [-0.4, -0.2) is 51.9 Å². The van der Waals surface area contributed by atoms with Gasteiger partial charge in [0, 0.05) is 43.0 Å². The summed E-state index contributed by atoms with van der Waals surface area (Å²) < 4.78 is 0. The minimum absolute atomic E-state index is 0.0201. The molecule has 8 nitrogen and oxygen atoms in total. The molecule has 1 aliphatic rings. The Morgan fingerprint density at radius 1 is 1.00 bits per heavy atom. The van der Waals surface area contributed by atoms with E-state index in [0.29, 0.717) is 65.0 Å². The highest BCUT2D eigenvalue weighted by atomic mass is 35.5. The van der Waals surface area contributed by atoms with Crippen LogP contribution in [-0.2, 0) is 0 Å². The number of nitrogens with zero attached hydrogens (tertiary/aromatic N) is 6. The van der Waals surface area contributed by atoms with E-state index in [9.17, 15) is 10.1 Å². The molecule has 3 heterocycles. The average molecular weight is 470 g/mol. The summed E-state index contributed by atoms with van der Waals surface area (Å²) in [5, 5.41) is 13.2. The highest BCUT2D eigenvalue weighted by Gasteiger charge is 2.25. The molecule has 0 bridgehead atoms. The summed E-state index contributed by atoms with van der Waals surface area (Å²) in [6.07, 6.45) is 3.43. The molecule has 4 aromatic rings. The van der Waals surface area contributed by atoms with Crippen LogP contribution in [0.15, 0.2) is 67.0 Å². The molecule has 2 aromatic heterocycles. The quantitative estimate of drug-likeness (QED) is 0.477. The van der Waals surface area contributed by atoms with Crippen LogP contribution in [0.2, 0.25) is 5.02 Å². The Bertz CT molecular complexity index is 1380. The maximum absolute atomic E-state index is 12.9. The fraction of sp³-hybridized carbons (Fsp3) is 0.160. The number of carbonyl (C=O) groups is 1. The van der Waals surface area contributed by atoms with Gasteiger partial charge < -0.3 is 15.1 Å². The number of nitriles is 1. The number of aromatic nitrogens is 3. The van der Waals surface area contributed by atoms with E-state index >= 15 is 0 Å². The summed E-state index contributed by atoms with van der Waals surface area (Å²) in [5.41, 5.74) is 3.27. The largest absolute Gasteiger partial charge is 0.350 e. The molecule has 1 aliphatic heterocycles. The van der Waals surface area contributed by atoms with Crippen molar-refractivity contribution in [1.29, 1.82) is 5.26 Å². The van der Waals surface area contributed by atoms with Gasteiger partial charge in [0.1, 0.15) is 0 Å². The summed E-state index contributed by atoms with van der Waals surface area (Å²) in [6, 6.07) is 18.1. The molecule has 0 radical (unpaired) electrons. The van der Waals surface area contributed by atoms with Crippen LogP contribution in [0.3, 0.4) is 0 Å². The third-order valence-corrected chi connectivity index (χ3v) is 5.91. The van der Waals surface area contributed by atoms with Crippen molar-refractivity contribution in [3.63, 3.8) is 0 Å². The van der Waals surface area contributed by atoms with Crippen LogP contribution >= 0.6 is 11.6 Å². The fourth-order valence-corrected chi connectivity index (χ4v) is 4.01. The number of nitrogens with one attached hydrogen (secondary N) is 1. The number of fused-ring (bicyclic) bond motifs is 1. The third-order valence-electron chi connectivity index (χ3n) is 5.66. The van der Waals surface area contributed by atoms with Crippen LogP contribution in [0, 0.1) is 11.3 Å². The highest BCUT2D eigenvalue weighted by Crippen LogP contribution is 2.29. The van der Waals surface area contributed by atoms with Crippen molar-refractivity contribution in [3.05, 3.63) is 83.1 Å². The van der Waals surface area contributed by atoms with E-state index in [4.69, 9.17) is 21.6 Å². The molecule has 168 valence electrons. The van der Waals surface area contributed by atoms with Crippen molar-refractivity contribution in [2.75, 3.05) is 36.4 Å². The van der Waals surface area contributed by atoms with Gasteiger partial charge in [0.25, 0.3) is 5.91 Å². The van der Waals surface area contributed by atoms with E-state index < -0.39 is 0 Å². The Balaban J connectivity index is 1.42. The number of benzene rings is 2. The van der Waals surface area contributed by atoms with Gasteiger partial charge in [-0.2, -0.15) is 5.26 Å². The number of pyridine rings is 1. The number of carbonyl (C=O) groups excluding carboxylic acids is 1. The Hall–Kier alpha value is -4.22. The molecule has 0 unspecified atom stereocenters. The predicted octanol–water partition coefficient (Wildman–Crippen LogP) is 4.26. The Labute approximate surface area is 201 Å². The van der Waals surface area contributed by atoms with E-state index in [1.165, 1.54) is 0 Å². The van der Waals surface area contributed by atoms with Crippen LogP contribution in [0.1, 0.15) is 15.9 Å². The van der Waals surface area contributed by atoms with Gasteiger partial charge in [0.05, 0.1) is 34.6 Å². The lowest BCUT2D eigenvalue weighted by molar-refractivity contribution is 0.0746. The number of piperazine rings is 1. The second-order valence-corrected chi connectivity index (χ2v) is 8.30. The molecule has 2 aromatic carbocycles. The summed E-state index contributed by atoms with van der Waals surface area (Å²) in [6.45, 7) is 2.29. The molecule has 1 saturated heterocycles. The lowest BCUT2D eigenvalue weighted by Gasteiger charge is -2.36. The number of anilines is 3. The smallest absolute Gasteiger partial charge is 0.253 e. The molecule has 0 aliphatic carbocycles. The lowest BCUT2D eigenvalue weighted by Crippen LogP contribution is -2.49. The van der Waals surface area contributed by atoms with Crippen molar-refractivity contribution >= 4 is 45.9 Å². The molecule has 1 amide bonds. The number of hydrogen-bond acceptors (Lipinski definition) is 7. The molecule has 0 saturated carbocycles. The second kappa shape index (κ2) is 9.33. The van der Waals surface area contributed by atoms with E-state index in [1.807, 2.05) is 17.0 Å². The van der Waals surface area contributed by atoms with Gasteiger partial charge >= 0.3 is 0 Å². The van der Waals surface area contributed by atoms with Crippen LogP contribution in [0.4, 0.5) is 17.3 Å². The second-order valence-electron chi connectivity index (χ2n) is 7.86. The highest BCUT2D eigenvalue weighted by molar-refractivity contribution is 6.30. The third kappa shape index (κ3) is 4.47. The Morgan fingerprint density at radius 3 is 2.50 bits per heavy atom. The van der Waals surface area contributed by atoms with E-state index in [-0.39, 0.29) is 5.91 Å². The molecule has 34 heavy (non-hydrogen) atoms. The van der Waals surface area contributed by atoms with Crippen molar-refractivity contribution in [2.45, 2.75) is 0 Å². The summed E-state index contributed by atoms with van der Waals surface area (Å²) in [4.78, 5) is 30.6. The maximum atomic E-state index is 12.9. The molecule has 0 atom stereocenters. The number of halogens is 1. The van der Waals surface area contributed by atoms with Crippen molar-refractivity contribution in [1.82, 2.24) is 19.9 Å². The predicted molar refractivity (Wildman–Crippen MR) is 131 cm³/mol. The molecule has 1 N–H and O–H groups in total. The van der Waals surface area contributed by atoms with Crippen LogP contribution in [0.5, 0.6) is 0 Å². The van der Waals surface area contributed by atoms with Gasteiger partial charge in [-0.3, -0.25) is 9.78 Å². The first-order chi connectivity index (χ1) is 16.6. The normalized spacial score (nSPS) is 13.5. The minimum atomic E-state index is -0.0201. The monoisotopic (exact) mass is 469 g/mol. The average Bonchev–Trinajstić information content (AvgIpc) is 2.89. The molecule has 9 heteroatoms. The van der Waals surface area contributed by atoms with Crippen molar-refractivity contribution < 1.29 is 4.79 Å². The minimum Gasteiger partial charge on any atom is -0.350 e. The lowest BCUT2D eigenvalue weighted by atomic mass is 10.2. The van der Waals surface area contributed by atoms with Gasteiger partial charge in [-0.05, 0) is 54.6 Å². The standard InChI is InChI=1S/C25H20ClN7O/c26-19-6-4-18(5-7-19)25(34)33-12-10-32(11-13-33)24-23(29-20-2-1-9-28-16-20)30-21-8-3-17(15-27)14-22(21)31-24/h1-9,14,16H,10-13H2,(H,29,30). The first-order valence-corrected chi connectivity index (χ1v) is 11.2. The topological polar surface area (TPSA) is 98.0 Å². The van der Waals surface area contributed by atoms with E-state index in [2.05, 4.69) is 21.3 Å². The van der Waals surface area contributed by atoms with E-state index in [1.54, 1.807) is 54.9 Å². The molecule has 0 spiro atoms. The zero-order valence-electron chi connectivity index (χ0n) is 18.1. The summed E-state index contributed by atoms with van der Waals surface area (Å²) >= 11 is 5.95. The number of amides is 1. The molecule has 5 rings (SSSR count).